The van der Waals surface area contributed by atoms with Crippen molar-refractivity contribution in [3.63, 3.8) is 0 Å². The maximum atomic E-state index is 5.97. The molecule has 0 aliphatic carbocycles. The van der Waals surface area contributed by atoms with E-state index in [-0.39, 0.29) is 0 Å². The van der Waals surface area contributed by atoms with Gasteiger partial charge in [0.25, 0.3) is 0 Å². The number of hydrogen-bond donors (Lipinski definition) is 2. The molecule has 1 atom stereocenters. The van der Waals surface area contributed by atoms with Crippen molar-refractivity contribution < 1.29 is 0 Å². The van der Waals surface area contributed by atoms with Crippen LogP contribution >= 0.6 is 11.8 Å². The summed E-state index contributed by atoms with van der Waals surface area (Å²) in [6.45, 7) is 1.94. The van der Waals surface area contributed by atoms with Gasteiger partial charge in [-0.1, -0.05) is 0 Å². The van der Waals surface area contributed by atoms with Crippen molar-refractivity contribution in [1.82, 2.24) is 9.78 Å². The van der Waals surface area contributed by atoms with Crippen LogP contribution in [0.25, 0.3) is 0 Å². The number of thioether (sulfide) groups is 1. The number of hydrogen-bond acceptors (Lipinski definition) is 4. The SMILES string of the molecule is Cc1nn(C)c(NC2CCCSC2)c1N. The molecule has 3 N–H and O–H groups in total. The molecule has 5 heteroatoms. The Morgan fingerprint density at radius 2 is 2.40 bits per heavy atom. The van der Waals surface area contributed by atoms with E-state index in [1.165, 1.54) is 24.3 Å². The fraction of sp³-hybridized carbons (Fsp3) is 0.700. The zero-order valence-electron chi connectivity index (χ0n) is 9.29. The van der Waals surface area contributed by atoms with Crippen molar-refractivity contribution in [3.8, 4) is 0 Å². The molecule has 4 nitrogen and oxygen atoms in total. The summed E-state index contributed by atoms with van der Waals surface area (Å²) in [6, 6.07) is 0.542. The molecule has 0 bridgehead atoms. The maximum absolute atomic E-state index is 5.97. The molecule has 2 heterocycles. The first-order valence-electron chi connectivity index (χ1n) is 5.32. The van der Waals surface area contributed by atoms with Gasteiger partial charge in [0, 0.05) is 18.8 Å². The number of nitrogens with zero attached hydrogens (tertiary/aromatic N) is 2. The molecule has 1 aromatic rings. The normalized spacial score (nSPS) is 21.6. The van der Waals surface area contributed by atoms with E-state index in [2.05, 4.69) is 10.4 Å². The highest BCUT2D eigenvalue weighted by Gasteiger charge is 2.17. The predicted molar refractivity (Wildman–Crippen MR) is 66.3 cm³/mol. The maximum Gasteiger partial charge on any atom is 0.148 e. The van der Waals surface area contributed by atoms with E-state index in [9.17, 15) is 0 Å². The van der Waals surface area contributed by atoms with Gasteiger partial charge < -0.3 is 11.1 Å². The summed E-state index contributed by atoms with van der Waals surface area (Å²) in [5.74, 6) is 3.43. The monoisotopic (exact) mass is 226 g/mol. The van der Waals surface area contributed by atoms with Gasteiger partial charge in [-0.3, -0.25) is 4.68 Å². The van der Waals surface area contributed by atoms with Crippen LogP contribution in [0, 0.1) is 6.92 Å². The molecule has 0 spiro atoms. The minimum Gasteiger partial charge on any atom is -0.394 e. The largest absolute Gasteiger partial charge is 0.394 e. The molecule has 0 radical (unpaired) electrons. The average Bonchev–Trinajstić information content (AvgIpc) is 2.47. The van der Waals surface area contributed by atoms with Crippen molar-refractivity contribution in [1.29, 1.82) is 0 Å². The van der Waals surface area contributed by atoms with Crippen LogP contribution in [0.1, 0.15) is 18.5 Å². The van der Waals surface area contributed by atoms with E-state index in [0.717, 1.165) is 17.2 Å². The smallest absolute Gasteiger partial charge is 0.148 e. The summed E-state index contributed by atoms with van der Waals surface area (Å²) in [5, 5.41) is 7.79. The number of nitrogen functional groups attached to an aromatic ring is 1. The molecule has 1 aromatic heterocycles. The first-order chi connectivity index (χ1) is 7.18. The van der Waals surface area contributed by atoms with Gasteiger partial charge in [0.2, 0.25) is 0 Å². The van der Waals surface area contributed by atoms with Gasteiger partial charge in [-0.2, -0.15) is 16.9 Å². The highest BCUT2D eigenvalue weighted by Crippen LogP contribution is 2.25. The average molecular weight is 226 g/mol. The first kappa shape index (κ1) is 10.7. The van der Waals surface area contributed by atoms with E-state index >= 15 is 0 Å². The molecule has 1 fully saturated rings. The standard InChI is InChI=1S/C10H18N4S/c1-7-9(11)10(14(2)13-7)12-8-4-3-5-15-6-8/h8,12H,3-6,11H2,1-2H3. The Morgan fingerprint density at radius 3 is 2.93 bits per heavy atom. The molecule has 1 unspecified atom stereocenters. The molecular weight excluding hydrogens is 208 g/mol. The Hall–Kier alpha value is -0.840. The molecular formula is C10H18N4S. The number of nitrogens with one attached hydrogen (secondary N) is 1. The van der Waals surface area contributed by atoms with E-state index in [0.29, 0.717) is 6.04 Å². The quantitative estimate of drug-likeness (QED) is 0.804. The lowest BCUT2D eigenvalue weighted by Crippen LogP contribution is -2.27. The van der Waals surface area contributed by atoms with Gasteiger partial charge in [0.1, 0.15) is 5.82 Å². The molecule has 0 amide bonds. The third-order valence-electron chi connectivity index (χ3n) is 2.77. The van der Waals surface area contributed by atoms with Crippen LogP contribution in [0.3, 0.4) is 0 Å². The van der Waals surface area contributed by atoms with E-state index in [1.807, 2.05) is 30.4 Å². The van der Waals surface area contributed by atoms with Crippen LogP contribution in [0.4, 0.5) is 11.5 Å². The molecule has 0 aromatic carbocycles. The van der Waals surface area contributed by atoms with Crippen molar-refractivity contribution in [2.24, 2.45) is 7.05 Å². The van der Waals surface area contributed by atoms with Gasteiger partial charge in [0.05, 0.1) is 11.4 Å². The summed E-state index contributed by atoms with van der Waals surface area (Å²) in [7, 11) is 1.93. The summed E-state index contributed by atoms with van der Waals surface area (Å²) in [5.41, 5.74) is 7.66. The molecule has 1 saturated heterocycles. The number of anilines is 2. The number of aromatic nitrogens is 2. The fourth-order valence-electron chi connectivity index (χ4n) is 1.89. The third-order valence-corrected chi connectivity index (χ3v) is 3.99. The van der Waals surface area contributed by atoms with Gasteiger partial charge in [-0.15, -0.1) is 0 Å². The lowest BCUT2D eigenvalue weighted by Gasteiger charge is -2.23. The summed E-state index contributed by atoms with van der Waals surface area (Å²) >= 11 is 2.01. The van der Waals surface area contributed by atoms with E-state index in [4.69, 9.17) is 5.73 Å². The predicted octanol–water partition coefficient (Wildman–Crippen LogP) is 1.62. The van der Waals surface area contributed by atoms with Crippen molar-refractivity contribution in [2.45, 2.75) is 25.8 Å². The van der Waals surface area contributed by atoms with Crippen molar-refractivity contribution in [3.05, 3.63) is 5.69 Å². The van der Waals surface area contributed by atoms with Crippen LogP contribution in [-0.4, -0.2) is 27.3 Å². The minimum absolute atomic E-state index is 0.542. The Bertz CT molecular complexity index is 341. The molecule has 1 aliphatic rings. The second-order valence-corrected chi connectivity index (χ2v) is 5.18. The van der Waals surface area contributed by atoms with Crippen molar-refractivity contribution >= 4 is 23.3 Å². The molecule has 84 valence electrons. The second kappa shape index (κ2) is 4.35. The fourth-order valence-corrected chi connectivity index (χ4v) is 2.97. The van der Waals surface area contributed by atoms with Gasteiger partial charge >= 0.3 is 0 Å². The first-order valence-corrected chi connectivity index (χ1v) is 6.47. The van der Waals surface area contributed by atoms with E-state index < -0.39 is 0 Å². The Balaban J connectivity index is 2.09. The topological polar surface area (TPSA) is 55.9 Å². The number of aryl methyl sites for hydroxylation is 2. The third kappa shape index (κ3) is 2.22. The van der Waals surface area contributed by atoms with Gasteiger partial charge in [-0.25, -0.2) is 0 Å². The van der Waals surface area contributed by atoms with E-state index in [1.54, 1.807) is 0 Å². The molecule has 15 heavy (non-hydrogen) atoms. The van der Waals surface area contributed by atoms with Crippen LogP contribution in [-0.2, 0) is 7.05 Å². The zero-order chi connectivity index (χ0) is 10.8. The lowest BCUT2D eigenvalue weighted by molar-refractivity contribution is 0.667. The molecule has 2 rings (SSSR count). The number of nitrogens with two attached hydrogens (primary N) is 1. The second-order valence-electron chi connectivity index (χ2n) is 4.03. The van der Waals surface area contributed by atoms with Gasteiger partial charge in [0.15, 0.2) is 0 Å². The summed E-state index contributed by atoms with van der Waals surface area (Å²) < 4.78 is 1.84. The summed E-state index contributed by atoms with van der Waals surface area (Å²) in [6.07, 6.45) is 2.52. The van der Waals surface area contributed by atoms with Crippen LogP contribution in [0.15, 0.2) is 0 Å². The zero-order valence-corrected chi connectivity index (χ0v) is 10.1. The highest BCUT2D eigenvalue weighted by atomic mass is 32.2. The van der Waals surface area contributed by atoms with Gasteiger partial charge in [-0.05, 0) is 25.5 Å². The van der Waals surface area contributed by atoms with Crippen LogP contribution in [0.2, 0.25) is 0 Å². The Morgan fingerprint density at radius 1 is 1.60 bits per heavy atom. The lowest BCUT2D eigenvalue weighted by atomic mass is 10.2. The Kier molecular flexibility index (Phi) is 3.09. The minimum atomic E-state index is 0.542. The molecule has 1 aliphatic heterocycles. The number of rotatable bonds is 2. The van der Waals surface area contributed by atoms with Crippen molar-refractivity contribution in [2.75, 3.05) is 22.6 Å². The van der Waals surface area contributed by atoms with Crippen LogP contribution in [0.5, 0.6) is 0 Å². The highest BCUT2D eigenvalue weighted by molar-refractivity contribution is 7.99. The summed E-state index contributed by atoms with van der Waals surface area (Å²) in [4.78, 5) is 0. The van der Waals surface area contributed by atoms with Crippen LogP contribution < -0.4 is 11.1 Å². The molecule has 0 saturated carbocycles. The Labute approximate surface area is 94.6 Å².